The van der Waals surface area contributed by atoms with Crippen molar-refractivity contribution in [3.63, 3.8) is 0 Å². The Bertz CT molecular complexity index is 594. The van der Waals surface area contributed by atoms with Crippen molar-refractivity contribution in [2.24, 2.45) is 0 Å². The highest BCUT2D eigenvalue weighted by Crippen LogP contribution is 2.18. The Morgan fingerprint density at radius 3 is 2.25 bits per heavy atom. The first-order valence-corrected chi connectivity index (χ1v) is 6.31. The van der Waals surface area contributed by atoms with E-state index in [-0.39, 0.29) is 12.1 Å². The highest BCUT2D eigenvalue weighted by Gasteiger charge is 2.13. The molecule has 5 heteroatoms. The van der Waals surface area contributed by atoms with Gasteiger partial charge in [0, 0.05) is 5.56 Å². The molecular formula is C15H16BFO3. The van der Waals surface area contributed by atoms with Crippen LogP contribution in [0.15, 0.2) is 36.4 Å². The standard InChI is InChI=1S/C15H16BFO3/c1-10-5-11(2)7-14(6-10)20-9-12-3-4-13(16(18)19)8-15(12)17/h3-8,18-19H,9H2,1-2H3. The van der Waals surface area contributed by atoms with E-state index in [9.17, 15) is 4.39 Å². The van der Waals surface area contributed by atoms with E-state index in [0.717, 1.165) is 17.2 Å². The summed E-state index contributed by atoms with van der Waals surface area (Å²) in [5, 5.41) is 17.9. The Hall–Kier alpha value is -1.85. The first-order valence-electron chi connectivity index (χ1n) is 6.31. The summed E-state index contributed by atoms with van der Waals surface area (Å²) in [4.78, 5) is 0. The van der Waals surface area contributed by atoms with E-state index in [1.54, 1.807) is 0 Å². The SMILES string of the molecule is Cc1cc(C)cc(OCc2ccc(B(O)O)cc2F)c1. The molecule has 0 unspecified atom stereocenters. The molecule has 0 aliphatic rings. The summed E-state index contributed by atoms with van der Waals surface area (Å²) in [7, 11) is -1.67. The molecule has 0 bridgehead atoms. The van der Waals surface area contributed by atoms with Crippen LogP contribution in [0.1, 0.15) is 16.7 Å². The van der Waals surface area contributed by atoms with Crippen LogP contribution >= 0.6 is 0 Å². The fourth-order valence-electron chi connectivity index (χ4n) is 2.02. The number of ether oxygens (including phenoxy) is 1. The second kappa shape index (κ2) is 6.07. The van der Waals surface area contributed by atoms with Crippen molar-refractivity contribution >= 4 is 12.6 Å². The Morgan fingerprint density at radius 1 is 1.05 bits per heavy atom. The van der Waals surface area contributed by atoms with Gasteiger partial charge in [0.1, 0.15) is 18.2 Å². The molecule has 0 spiro atoms. The molecule has 0 fully saturated rings. The molecule has 0 aromatic heterocycles. The summed E-state index contributed by atoms with van der Waals surface area (Å²) < 4.78 is 19.3. The van der Waals surface area contributed by atoms with Crippen molar-refractivity contribution < 1.29 is 19.2 Å². The minimum Gasteiger partial charge on any atom is -0.489 e. The van der Waals surface area contributed by atoms with Gasteiger partial charge in [0.05, 0.1) is 0 Å². The molecule has 2 N–H and O–H groups in total. The third-order valence-electron chi connectivity index (χ3n) is 2.96. The number of hydrogen-bond donors (Lipinski definition) is 2. The fraction of sp³-hybridized carbons (Fsp3) is 0.200. The van der Waals surface area contributed by atoms with Crippen LogP contribution in [-0.2, 0) is 6.61 Å². The van der Waals surface area contributed by atoms with Gasteiger partial charge < -0.3 is 14.8 Å². The minimum atomic E-state index is -1.67. The molecule has 104 valence electrons. The maximum Gasteiger partial charge on any atom is 0.488 e. The van der Waals surface area contributed by atoms with E-state index < -0.39 is 12.9 Å². The Kier molecular flexibility index (Phi) is 4.42. The van der Waals surface area contributed by atoms with Crippen molar-refractivity contribution in [1.82, 2.24) is 0 Å². The van der Waals surface area contributed by atoms with E-state index in [4.69, 9.17) is 14.8 Å². The molecule has 2 rings (SSSR count). The third kappa shape index (κ3) is 3.59. The van der Waals surface area contributed by atoms with Crippen molar-refractivity contribution in [2.45, 2.75) is 20.5 Å². The summed E-state index contributed by atoms with van der Waals surface area (Å²) in [6, 6.07) is 9.87. The lowest BCUT2D eigenvalue weighted by molar-refractivity contribution is 0.299. The lowest BCUT2D eigenvalue weighted by Gasteiger charge is -2.10. The minimum absolute atomic E-state index is 0.0938. The lowest BCUT2D eigenvalue weighted by Crippen LogP contribution is -2.30. The van der Waals surface area contributed by atoms with Gasteiger partial charge in [0.15, 0.2) is 0 Å². The van der Waals surface area contributed by atoms with Gasteiger partial charge >= 0.3 is 7.12 Å². The highest BCUT2D eigenvalue weighted by atomic mass is 19.1. The van der Waals surface area contributed by atoms with Gasteiger partial charge in [0.25, 0.3) is 0 Å². The number of hydrogen-bond acceptors (Lipinski definition) is 3. The summed E-state index contributed by atoms with van der Waals surface area (Å²) in [5.41, 5.74) is 2.66. The van der Waals surface area contributed by atoms with Crippen LogP contribution in [0, 0.1) is 19.7 Å². The van der Waals surface area contributed by atoms with Crippen LogP contribution in [0.2, 0.25) is 0 Å². The molecule has 0 aliphatic carbocycles. The monoisotopic (exact) mass is 274 g/mol. The Balaban J connectivity index is 2.11. The van der Waals surface area contributed by atoms with Crippen LogP contribution in [0.25, 0.3) is 0 Å². The van der Waals surface area contributed by atoms with Gasteiger partial charge in [-0.3, -0.25) is 0 Å². The predicted octanol–water partition coefficient (Wildman–Crippen LogP) is 1.70. The maximum atomic E-state index is 13.8. The smallest absolute Gasteiger partial charge is 0.488 e. The first kappa shape index (κ1) is 14.6. The zero-order chi connectivity index (χ0) is 14.7. The van der Waals surface area contributed by atoms with Crippen LogP contribution < -0.4 is 10.2 Å². The fourth-order valence-corrected chi connectivity index (χ4v) is 2.02. The maximum absolute atomic E-state index is 13.8. The second-order valence-corrected chi connectivity index (χ2v) is 4.84. The molecular weight excluding hydrogens is 258 g/mol. The third-order valence-corrected chi connectivity index (χ3v) is 2.96. The Morgan fingerprint density at radius 2 is 1.70 bits per heavy atom. The van der Waals surface area contributed by atoms with Crippen LogP contribution in [0.5, 0.6) is 5.75 Å². The average molecular weight is 274 g/mol. The molecule has 0 amide bonds. The molecule has 20 heavy (non-hydrogen) atoms. The Labute approximate surface area is 117 Å². The quantitative estimate of drug-likeness (QED) is 0.834. The van der Waals surface area contributed by atoms with Gasteiger partial charge in [-0.1, -0.05) is 18.2 Å². The summed E-state index contributed by atoms with van der Waals surface area (Å²) in [5.74, 6) is 0.174. The number of aryl methyl sites for hydroxylation is 2. The molecule has 0 saturated carbocycles. The normalized spacial score (nSPS) is 10.4. The number of benzene rings is 2. The molecule has 0 aliphatic heterocycles. The van der Waals surface area contributed by atoms with Gasteiger partial charge in [-0.25, -0.2) is 4.39 Å². The molecule has 0 saturated heterocycles. The average Bonchev–Trinajstić information content (AvgIpc) is 2.36. The van der Waals surface area contributed by atoms with Gasteiger partial charge in [-0.15, -0.1) is 0 Å². The predicted molar refractivity (Wildman–Crippen MR) is 76.5 cm³/mol. The molecule has 0 heterocycles. The summed E-state index contributed by atoms with van der Waals surface area (Å²) >= 11 is 0. The van der Waals surface area contributed by atoms with Crippen molar-refractivity contribution in [2.75, 3.05) is 0 Å². The second-order valence-electron chi connectivity index (χ2n) is 4.84. The van der Waals surface area contributed by atoms with E-state index in [2.05, 4.69) is 0 Å². The van der Waals surface area contributed by atoms with E-state index in [1.165, 1.54) is 12.1 Å². The van der Waals surface area contributed by atoms with Crippen molar-refractivity contribution in [3.8, 4) is 5.75 Å². The summed E-state index contributed by atoms with van der Waals surface area (Å²) in [6.07, 6.45) is 0. The van der Waals surface area contributed by atoms with Crippen molar-refractivity contribution in [1.29, 1.82) is 0 Å². The van der Waals surface area contributed by atoms with Gasteiger partial charge in [-0.2, -0.15) is 0 Å². The van der Waals surface area contributed by atoms with Gasteiger partial charge in [-0.05, 0) is 48.6 Å². The van der Waals surface area contributed by atoms with Crippen LogP contribution in [-0.4, -0.2) is 17.2 Å². The zero-order valence-corrected chi connectivity index (χ0v) is 11.4. The van der Waals surface area contributed by atoms with E-state index in [0.29, 0.717) is 11.3 Å². The topological polar surface area (TPSA) is 49.7 Å². The molecule has 2 aromatic carbocycles. The van der Waals surface area contributed by atoms with E-state index >= 15 is 0 Å². The highest BCUT2D eigenvalue weighted by molar-refractivity contribution is 6.58. The molecule has 2 aromatic rings. The van der Waals surface area contributed by atoms with Crippen molar-refractivity contribution in [3.05, 3.63) is 58.9 Å². The molecule has 3 nitrogen and oxygen atoms in total. The largest absolute Gasteiger partial charge is 0.489 e. The van der Waals surface area contributed by atoms with Crippen LogP contribution in [0.4, 0.5) is 4.39 Å². The summed E-state index contributed by atoms with van der Waals surface area (Å²) in [6.45, 7) is 4.03. The number of halogens is 1. The molecule has 0 radical (unpaired) electrons. The zero-order valence-electron chi connectivity index (χ0n) is 11.4. The lowest BCUT2D eigenvalue weighted by atomic mass is 9.80. The van der Waals surface area contributed by atoms with Gasteiger partial charge in [0.2, 0.25) is 0 Å². The molecule has 0 atom stereocenters. The van der Waals surface area contributed by atoms with Crippen LogP contribution in [0.3, 0.4) is 0 Å². The first-order chi connectivity index (χ1) is 9.45. The van der Waals surface area contributed by atoms with E-state index in [1.807, 2.05) is 32.0 Å². The number of rotatable bonds is 4.